The highest BCUT2D eigenvalue weighted by Gasteiger charge is 2.64. The number of aromatic nitrogens is 2. The van der Waals surface area contributed by atoms with Crippen LogP contribution in [0.3, 0.4) is 0 Å². The lowest BCUT2D eigenvalue weighted by molar-refractivity contribution is -0.159. The quantitative estimate of drug-likeness (QED) is 0.133. The molecule has 0 saturated carbocycles. The van der Waals surface area contributed by atoms with Crippen molar-refractivity contribution in [2.75, 3.05) is 28.4 Å². The molecule has 4 atom stereocenters. The first-order chi connectivity index (χ1) is 24.3. The molecule has 0 spiro atoms. The molecule has 0 radical (unpaired) electrons. The third-order valence-corrected chi connectivity index (χ3v) is 10.3. The summed E-state index contributed by atoms with van der Waals surface area (Å²) in [5, 5.41) is 21.6. The topological polar surface area (TPSA) is 143 Å². The number of benzene rings is 4. The fourth-order valence-corrected chi connectivity index (χ4v) is 8.14. The number of phenolic OH excluding ortho intramolecular Hbond substituents is 2. The molecule has 0 bridgehead atoms. The number of aromatic hydroxyl groups is 2. The van der Waals surface area contributed by atoms with E-state index in [9.17, 15) is 10.2 Å². The molecule has 0 aliphatic heterocycles. The average molecular weight is 671 g/mol. The van der Waals surface area contributed by atoms with E-state index in [1.54, 1.807) is 24.3 Å². The highest BCUT2D eigenvalue weighted by atomic mass is 16.5. The Balaban J connectivity index is 1.49. The minimum Gasteiger partial charge on any atom is -0.508 e. The zero-order valence-corrected chi connectivity index (χ0v) is 27.7. The van der Waals surface area contributed by atoms with Crippen LogP contribution in [0.1, 0.15) is 45.8 Å². The number of methoxy groups -OCH3 is 4. The number of hydrogen-bond acceptors (Lipinski definition) is 8. The van der Waals surface area contributed by atoms with Crippen LogP contribution >= 0.6 is 0 Å². The van der Waals surface area contributed by atoms with Crippen LogP contribution < -0.4 is 0 Å². The molecule has 4 unspecified atom stereocenters. The van der Waals surface area contributed by atoms with Gasteiger partial charge in [0.15, 0.2) is 0 Å². The highest BCUT2D eigenvalue weighted by Crippen LogP contribution is 2.60. The molecular weight excluding hydrogens is 636 g/mol. The van der Waals surface area contributed by atoms with E-state index in [4.69, 9.17) is 18.9 Å². The first-order valence-corrected chi connectivity index (χ1v) is 16.1. The van der Waals surface area contributed by atoms with Crippen molar-refractivity contribution in [1.82, 2.24) is 9.97 Å². The van der Waals surface area contributed by atoms with E-state index in [2.05, 4.69) is 9.97 Å². The monoisotopic (exact) mass is 670 g/mol. The van der Waals surface area contributed by atoms with Gasteiger partial charge < -0.3 is 39.1 Å². The molecule has 2 aromatic heterocycles. The summed E-state index contributed by atoms with van der Waals surface area (Å²) in [5.41, 5.74) is 1.40. The number of nitrogens with one attached hydrogen (secondary N) is 2. The van der Waals surface area contributed by atoms with Gasteiger partial charge in [-0.1, -0.05) is 60.7 Å². The number of carbonyl (C=O) groups excluding carboxylic acids is 2. The Morgan fingerprint density at radius 3 is 1.24 bits per heavy atom. The maximum atomic E-state index is 15.5. The molecule has 0 fully saturated rings. The van der Waals surface area contributed by atoms with Gasteiger partial charge in [-0.2, -0.15) is 0 Å². The predicted octanol–water partition coefficient (Wildman–Crippen LogP) is 6.60. The first kappa shape index (κ1) is 31.7. The number of H-pyrrole nitrogens is 2. The Kier molecular flexibility index (Phi) is 7.32. The Labute approximate surface area is 286 Å². The number of carbonyl (C=O) groups is 2. The van der Waals surface area contributed by atoms with Crippen LogP contribution in [0.15, 0.2) is 97.1 Å². The van der Waals surface area contributed by atoms with Crippen LogP contribution in [-0.4, -0.2) is 60.2 Å². The van der Waals surface area contributed by atoms with E-state index in [0.29, 0.717) is 33.6 Å². The third-order valence-electron chi connectivity index (χ3n) is 10.3. The lowest BCUT2D eigenvalue weighted by Gasteiger charge is -2.35. The van der Waals surface area contributed by atoms with Gasteiger partial charge in [0, 0.05) is 72.5 Å². The molecule has 2 aliphatic carbocycles. The summed E-state index contributed by atoms with van der Waals surface area (Å²) in [6.07, 6.45) is -1.97. The lowest BCUT2D eigenvalue weighted by atomic mass is 9.83. The molecule has 2 aliphatic rings. The zero-order chi connectivity index (χ0) is 34.9. The van der Waals surface area contributed by atoms with Crippen LogP contribution in [0, 0.1) is 0 Å². The van der Waals surface area contributed by atoms with E-state index in [1.807, 2.05) is 48.5 Å². The summed E-state index contributed by atoms with van der Waals surface area (Å²) in [4.78, 5) is 37.9. The van der Waals surface area contributed by atoms with Gasteiger partial charge in [-0.15, -0.1) is 0 Å². The van der Waals surface area contributed by atoms with E-state index in [1.165, 1.54) is 52.7 Å². The largest absolute Gasteiger partial charge is 0.508 e. The number of fused-ring (bicyclic) bond motifs is 6. The maximum absolute atomic E-state index is 15.5. The van der Waals surface area contributed by atoms with Crippen LogP contribution in [0.2, 0.25) is 0 Å². The predicted molar refractivity (Wildman–Crippen MR) is 187 cm³/mol. The molecular formula is C40H34N2O8. The number of ketones is 2. The van der Waals surface area contributed by atoms with Gasteiger partial charge in [-0.25, -0.2) is 0 Å². The van der Waals surface area contributed by atoms with Crippen molar-refractivity contribution in [3.05, 3.63) is 131 Å². The first-order valence-electron chi connectivity index (χ1n) is 16.1. The van der Waals surface area contributed by atoms with Crippen molar-refractivity contribution in [1.29, 1.82) is 0 Å². The van der Waals surface area contributed by atoms with E-state index in [0.717, 1.165) is 21.8 Å². The smallest absolute Gasteiger partial charge is 0.205 e. The number of Topliss-reactive ketones (excluding diaryl/α,β-unsaturated/α-hetero) is 2. The maximum Gasteiger partial charge on any atom is 0.205 e. The highest BCUT2D eigenvalue weighted by molar-refractivity contribution is 6.49. The molecule has 0 amide bonds. The Morgan fingerprint density at radius 1 is 0.540 bits per heavy atom. The second-order valence-electron chi connectivity index (χ2n) is 12.5. The molecule has 4 N–H and O–H groups in total. The number of phenols is 2. The van der Waals surface area contributed by atoms with Crippen molar-refractivity contribution < 1.29 is 38.7 Å². The molecule has 4 aromatic carbocycles. The summed E-state index contributed by atoms with van der Waals surface area (Å²) in [5.74, 6) is -0.834. The second kappa shape index (κ2) is 11.5. The second-order valence-corrected chi connectivity index (χ2v) is 12.5. The molecule has 252 valence electrons. The van der Waals surface area contributed by atoms with Gasteiger partial charge in [0.2, 0.25) is 22.8 Å². The number of hydrogen-bond donors (Lipinski definition) is 4. The summed E-state index contributed by atoms with van der Waals surface area (Å²) in [6.45, 7) is 0. The molecule has 6 aromatic rings. The molecule has 0 saturated heterocycles. The molecule has 2 heterocycles. The fourth-order valence-electron chi connectivity index (χ4n) is 8.14. The number of aromatic amines is 2. The van der Waals surface area contributed by atoms with Crippen molar-refractivity contribution in [2.24, 2.45) is 0 Å². The third kappa shape index (κ3) is 4.04. The SMILES string of the molecule is COC(c1ccc(O)cc1)C1(OC)C(=O)/C(=C2/C(=O)C(OC)(C(OC)c3ccc(O)cc3)c3[nH]c4ccccc4c32)c2c1[nH]c1ccccc21. The van der Waals surface area contributed by atoms with Gasteiger partial charge in [0.1, 0.15) is 23.7 Å². The van der Waals surface area contributed by atoms with Crippen LogP contribution in [0.25, 0.3) is 33.0 Å². The van der Waals surface area contributed by atoms with Crippen LogP contribution in [-0.2, 0) is 39.7 Å². The van der Waals surface area contributed by atoms with E-state index < -0.39 is 35.0 Å². The number of para-hydroxylation sites is 2. The minimum atomic E-state index is -1.76. The standard InChI is InChI=1S/C40H34N2O8/c1-47-37(21-13-17-23(43)18-14-21)39(49-3)33-29(25-9-5-7-11-27(25)41-33)31(35(39)45)32-30-26-10-6-8-12-28(26)42-34(30)40(50-4,36(32)46)38(48-2)22-15-19-24(44)20-16-22/h5-20,37-38,41-44H,1-4H3/b32-31+. The van der Waals surface area contributed by atoms with Crippen LogP contribution in [0.4, 0.5) is 0 Å². The van der Waals surface area contributed by atoms with Crippen LogP contribution in [0.5, 0.6) is 11.5 Å². The average Bonchev–Trinajstić information content (AvgIpc) is 3.83. The van der Waals surface area contributed by atoms with Gasteiger partial charge in [0.05, 0.1) is 11.4 Å². The van der Waals surface area contributed by atoms with Gasteiger partial charge >= 0.3 is 0 Å². The summed E-state index contributed by atoms with van der Waals surface area (Å²) >= 11 is 0. The number of ether oxygens (including phenoxy) is 4. The molecule has 50 heavy (non-hydrogen) atoms. The Hall–Kier alpha value is -5.52. The summed E-state index contributed by atoms with van der Waals surface area (Å²) < 4.78 is 24.8. The summed E-state index contributed by atoms with van der Waals surface area (Å²) in [7, 11) is 5.89. The van der Waals surface area contributed by atoms with Crippen molar-refractivity contribution in [2.45, 2.75) is 23.4 Å². The Morgan fingerprint density at radius 2 is 0.900 bits per heavy atom. The zero-order valence-electron chi connectivity index (χ0n) is 27.7. The normalized spacial score (nSPS) is 22.7. The van der Waals surface area contributed by atoms with Crippen molar-refractivity contribution >= 4 is 44.5 Å². The summed E-state index contributed by atoms with van der Waals surface area (Å²) in [6, 6.07) is 28.0. The van der Waals surface area contributed by atoms with Gasteiger partial charge in [0.25, 0.3) is 0 Å². The number of rotatable bonds is 8. The molecule has 10 nitrogen and oxygen atoms in total. The van der Waals surface area contributed by atoms with E-state index in [-0.39, 0.29) is 22.6 Å². The lowest BCUT2D eigenvalue weighted by Crippen LogP contribution is -2.43. The minimum absolute atomic E-state index is 0.0579. The van der Waals surface area contributed by atoms with E-state index >= 15 is 9.59 Å². The molecule has 8 rings (SSSR count). The van der Waals surface area contributed by atoms with Crippen molar-refractivity contribution in [3.63, 3.8) is 0 Å². The van der Waals surface area contributed by atoms with Crippen molar-refractivity contribution in [3.8, 4) is 11.5 Å². The molecule has 10 heteroatoms. The Bertz CT molecular complexity index is 2190. The van der Waals surface area contributed by atoms with Gasteiger partial charge in [-0.3, -0.25) is 9.59 Å². The fraction of sp³-hybridized carbons (Fsp3) is 0.200. The van der Waals surface area contributed by atoms with Gasteiger partial charge in [-0.05, 0) is 47.5 Å².